The van der Waals surface area contributed by atoms with Gasteiger partial charge in [-0.25, -0.2) is 0 Å². The van der Waals surface area contributed by atoms with Crippen molar-refractivity contribution in [2.24, 2.45) is 5.92 Å². The number of nitrogens with zero attached hydrogens (tertiary/aromatic N) is 3. The fourth-order valence-corrected chi connectivity index (χ4v) is 3.69. The lowest BCUT2D eigenvalue weighted by Crippen LogP contribution is -2.37. The van der Waals surface area contributed by atoms with Gasteiger partial charge in [-0.15, -0.1) is 0 Å². The Morgan fingerprint density at radius 2 is 2.17 bits per heavy atom. The van der Waals surface area contributed by atoms with Crippen LogP contribution in [0.1, 0.15) is 38.5 Å². The number of carbonyl (C=O) groups excluding carboxylic acids is 2. The highest BCUT2D eigenvalue weighted by Crippen LogP contribution is 2.29. The molecule has 1 aliphatic carbocycles. The first kappa shape index (κ1) is 16.3. The zero-order chi connectivity index (χ0) is 16.2. The predicted molar refractivity (Wildman–Crippen MR) is 86.9 cm³/mol. The second-order valence-corrected chi connectivity index (χ2v) is 6.89. The van der Waals surface area contributed by atoms with Crippen LogP contribution in [0.2, 0.25) is 5.02 Å². The second kappa shape index (κ2) is 7.34. The molecule has 0 spiro atoms. The van der Waals surface area contributed by atoms with Gasteiger partial charge in [0, 0.05) is 38.3 Å². The van der Waals surface area contributed by atoms with Gasteiger partial charge in [0.1, 0.15) is 0 Å². The van der Waals surface area contributed by atoms with Gasteiger partial charge in [-0.2, -0.15) is 5.10 Å². The highest BCUT2D eigenvalue weighted by molar-refractivity contribution is 6.30. The van der Waals surface area contributed by atoms with Crippen molar-refractivity contribution in [1.82, 2.24) is 20.0 Å². The zero-order valence-electron chi connectivity index (χ0n) is 13.2. The van der Waals surface area contributed by atoms with Gasteiger partial charge in [-0.05, 0) is 19.3 Å². The Kier molecular flexibility index (Phi) is 5.20. The molecule has 2 fully saturated rings. The van der Waals surface area contributed by atoms with E-state index in [0.717, 1.165) is 19.3 Å². The van der Waals surface area contributed by atoms with Crippen LogP contribution in [0.5, 0.6) is 0 Å². The average molecular weight is 339 g/mol. The van der Waals surface area contributed by atoms with E-state index >= 15 is 0 Å². The van der Waals surface area contributed by atoms with Crippen molar-refractivity contribution in [3.8, 4) is 0 Å². The topological polar surface area (TPSA) is 67.2 Å². The van der Waals surface area contributed by atoms with Crippen LogP contribution in [-0.2, 0) is 16.1 Å². The monoisotopic (exact) mass is 338 g/mol. The summed E-state index contributed by atoms with van der Waals surface area (Å²) in [5.41, 5.74) is 0. The number of hydrogen-bond acceptors (Lipinski definition) is 3. The summed E-state index contributed by atoms with van der Waals surface area (Å²) >= 11 is 5.80. The minimum absolute atomic E-state index is 0.00246. The summed E-state index contributed by atoms with van der Waals surface area (Å²) in [7, 11) is 0. The molecule has 23 heavy (non-hydrogen) atoms. The lowest BCUT2D eigenvalue weighted by Gasteiger charge is -2.23. The van der Waals surface area contributed by atoms with Crippen molar-refractivity contribution < 1.29 is 9.59 Å². The standard InChI is InChI=1S/C16H23ClN4O2/c17-13-9-19-20(11-13)7-3-6-18-16(23)12-8-15(22)21(10-12)14-4-1-2-5-14/h9,11-12,14H,1-8,10H2,(H,18,23). The van der Waals surface area contributed by atoms with Crippen LogP contribution in [0.4, 0.5) is 0 Å². The van der Waals surface area contributed by atoms with Crippen molar-refractivity contribution >= 4 is 23.4 Å². The molecule has 1 saturated carbocycles. The van der Waals surface area contributed by atoms with Gasteiger partial charge in [0.25, 0.3) is 0 Å². The highest BCUT2D eigenvalue weighted by atomic mass is 35.5. The van der Waals surface area contributed by atoms with Gasteiger partial charge in [-0.3, -0.25) is 14.3 Å². The van der Waals surface area contributed by atoms with Crippen LogP contribution in [-0.4, -0.2) is 45.6 Å². The first-order valence-corrected chi connectivity index (χ1v) is 8.76. The van der Waals surface area contributed by atoms with Crippen LogP contribution in [0.3, 0.4) is 0 Å². The fraction of sp³-hybridized carbons (Fsp3) is 0.688. The van der Waals surface area contributed by atoms with E-state index in [2.05, 4.69) is 10.4 Å². The molecular weight excluding hydrogens is 316 g/mol. The summed E-state index contributed by atoms with van der Waals surface area (Å²) in [4.78, 5) is 26.3. The molecule has 126 valence electrons. The minimum atomic E-state index is -0.192. The number of aromatic nitrogens is 2. The van der Waals surface area contributed by atoms with E-state index in [1.54, 1.807) is 17.1 Å². The Morgan fingerprint density at radius 3 is 2.87 bits per heavy atom. The van der Waals surface area contributed by atoms with Crippen molar-refractivity contribution in [3.05, 3.63) is 17.4 Å². The van der Waals surface area contributed by atoms with Gasteiger partial charge in [0.2, 0.25) is 11.8 Å². The SMILES string of the molecule is O=C(NCCCn1cc(Cl)cn1)C1CC(=O)N(C2CCCC2)C1. The molecule has 2 heterocycles. The van der Waals surface area contributed by atoms with Crippen molar-refractivity contribution in [2.75, 3.05) is 13.1 Å². The Bertz CT molecular complexity index is 568. The number of aryl methyl sites for hydroxylation is 1. The molecule has 7 heteroatoms. The van der Waals surface area contributed by atoms with E-state index < -0.39 is 0 Å². The van der Waals surface area contributed by atoms with Crippen LogP contribution < -0.4 is 5.32 Å². The summed E-state index contributed by atoms with van der Waals surface area (Å²) in [6.07, 6.45) is 9.08. The Labute approximate surface area is 141 Å². The summed E-state index contributed by atoms with van der Waals surface area (Å²) in [5.74, 6) is -0.0529. The summed E-state index contributed by atoms with van der Waals surface area (Å²) < 4.78 is 1.76. The molecule has 1 unspecified atom stereocenters. The molecule has 1 aromatic heterocycles. The third kappa shape index (κ3) is 4.05. The molecular formula is C16H23ClN4O2. The van der Waals surface area contributed by atoms with Gasteiger partial charge in [-0.1, -0.05) is 24.4 Å². The number of rotatable bonds is 6. The molecule has 1 N–H and O–H groups in total. The summed E-state index contributed by atoms with van der Waals surface area (Å²) in [6, 6.07) is 0.366. The van der Waals surface area contributed by atoms with Crippen molar-refractivity contribution in [3.63, 3.8) is 0 Å². The molecule has 0 aromatic carbocycles. The highest BCUT2D eigenvalue weighted by Gasteiger charge is 2.38. The number of halogens is 1. The van der Waals surface area contributed by atoms with Crippen LogP contribution in [0, 0.1) is 5.92 Å². The number of amides is 2. The van der Waals surface area contributed by atoms with Gasteiger partial charge in [0.15, 0.2) is 0 Å². The molecule has 1 saturated heterocycles. The van der Waals surface area contributed by atoms with Crippen molar-refractivity contribution in [1.29, 1.82) is 0 Å². The predicted octanol–water partition coefficient (Wildman–Crippen LogP) is 1.83. The molecule has 1 aliphatic heterocycles. The number of carbonyl (C=O) groups is 2. The third-order valence-electron chi connectivity index (χ3n) is 4.76. The quantitative estimate of drug-likeness (QED) is 0.805. The third-order valence-corrected chi connectivity index (χ3v) is 4.95. The lowest BCUT2D eigenvalue weighted by atomic mass is 10.1. The maximum absolute atomic E-state index is 12.2. The number of nitrogens with one attached hydrogen (secondary N) is 1. The molecule has 2 aliphatic rings. The first-order valence-electron chi connectivity index (χ1n) is 8.38. The van der Waals surface area contributed by atoms with Gasteiger partial charge in [0.05, 0.1) is 17.1 Å². The van der Waals surface area contributed by atoms with E-state index in [0.29, 0.717) is 37.1 Å². The molecule has 0 radical (unpaired) electrons. The Hall–Kier alpha value is -1.56. The van der Waals surface area contributed by atoms with Gasteiger partial charge < -0.3 is 10.2 Å². The fourth-order valence-electron chi connectivity index (χ4n) is 3.53. The van der Waals surface area contributed by atoms with Crippen molar-refractivity contribution in [2.45, 2.75) is 51.1 Å². The smallest absolute Gasteiger partial charge is 0.225 e. The van der Waals surface area contributed by atoms with Gasteiger partial charge >= 0.3 is 0 Å². The van der Waals surface area contributed by atoms with E-state index in [1.807, 2.05) is 4.90 Å². The molecule has 2 amide bonds. The van der Waals surface area contributed by atoms with E-state index in [4.69, 9.17) is 11.6 Å². The minimum Gasteiger partial charge on any atom is -0.356 e. The zero-order valence-corrected chi connectivity index (χ0v) is 14.0. The van der Waals surface area contributed by atoms with Crippen LogP contribution in [0.25, 0.3) is 0 Å². The van der Waals surface area contributed by atoms with E-state index in [1.165, 1.54) is 12.8 Å². The summed E-state index contributed by atoms with van der Waals surface area (Å²) in [6.45, 7) is 1.89. The molecule has 3 rings (SSSR count). The molecule has 1 aromatic rings. The normalized spacial score (nSPS) is 22.0. The first-order chi connectivity index (χ1) is 11.1. The largest absolute Gasteiger partial charge is 0.356 e. The molecule has 6 nitrogen and oxygen atoms in total. The molecule has 1 atom stereocenters. The van der Waals surface area contributed by atoms with Crippen LogP contribution in [0.15, 0.2) is 12.4 Å². The maximum atomic E-state index is 12.2. The Balaban J connectivity index is 1.39. The van der Waals surface area contributed by atoms with E-state index in [-0.39, 0.29) is 17.7 Å². The number of likely N-dealkylation sites (tertiary alicyclic amines) is 1. The van der Waals surface area contributed by atoms with Crippen LogP contribution >= 0.6 is 11.6 Å². The maximum Gasteiger partial charge on any atom is 0.225 e. The lowest BCUT2D eigenvalue weighted by molar-refractivity contribution is -0.130. The number of hydrogen-bond donors (Lipinski definition) is 1. The van der Waals surface area contributed by atoms with E-state index in [9.17, 15) is 9.59 Å². The Morgan fingerprint density at radius 1 is 1.39 bits per heavy atom. The average Bonchev–Trinajstić information content (AvgIpc) is 3.24. The molecule has 0 bridgehead atoms. The summed E-state index contributed by atoms with van der Waals surface area (Å²) in [5, 5.41) is 7.65. The second-order valence-electron chi connectivity index (χ2n) is 6.45.